The van der Waals surface area contributed by atoms with Crippen LogP contribution in [0.25, 0.3) is 0 Å². The molecule has 0 atom stereocenters. The number of hydrogen-bond acceptors (Lipinski definition) is 5. The number of phenolic OH excluding ortho intramolecular Hbond substituents is 3. The molecule has 162 valence electrons. The van der Waals surface area contributed by atoms with Crippen LogP contribution in [0, 0.1) is 20.8 Å². The highest BCUT2D eigenvalue weighted by Gasteiger charge is 2.21. The van der Waals surface area contributed by atoms with E-state index in [9.17, 15) is 15.3 Å². The minimum absolute atomic E-state index is 0.118. The summed E-state index contributed by atoms with van der Waals surface area (Å²) in [6.07, 6.45) is 0. The lowest BCUT2D eigenvalue weighted by molar-refractivity contribution is 0.453. The third-order valence-electron chi connectivity index (χ3n) is 5.37. The average molecular weight is 428 g/mol. The van der Waals surface area contributed by atoms with E-state index < -0.39 is 0 Å². The average Bonchev–Trinajstić information content (AvgIpc) is 2.77. The largest absolute Gasteiger partial charge is 0.508 e. The highest BCUT2D eigenvalue weighted by Crippen LogP contribution is 2.45. The zero-order chi connectivity index (χ0) is 22.8. The normalized spacial score (nSPS) is 10.7. The molecule has 0 aliphatic carbocycles. The standard InChI is InChI=1S/C27H25NO4/c1-17-8-11-20(29)14-24(17)28(25-15-21(30)12-9-18(25)2)23-6-4-5-7-26(23)32-27-16-22(31)13-10-19(27)3/h4-16,29-31H,1-3H3. The van der Waals surface area contributed by atoms with Gasteiger partial charge in [0.05, 0.1) is 17.1 Å². The number of ether oxygens (including phenoxy) is 1. The monoisotopic (exact) mass is 427 g/mol. The Labute approximate surface area is 187 Å². The first kappa shape index (κ1) is 21.1. The molecule has 0 aliphatic rings. The number of benzene rings is 4. The first-order chi connectivity index (χ1) is 15.3. The number of aromatic hydroxyl groups is 3. The molecule has 0 radical (unpaired) electrons. The summed E-state index contributed by atoms with van der Waals surface area (Å²) in [5.74, 6) is 1.49. The molecular weight excluding hydrogens is 402 g/mol. The summed E-state index contributed by atoms with van der Waals surface area (Å²) in [6, 6.07) is 22.9. The summed E-state index contributed by atoms with van der Waals surface area (Å²) in [5.41, 5.74) is 4.98. The number of para-hydroxylation sites is 2. The van der Waals surface area contributed by atoms with Crippen LogP contribution in [0.15, 0.2) is 78.9 Å². The summed E-state index contributed by atoms with van der Waals surface area (Å²) in [4.78, 5) is 1.96. The fraction of sp³-hybridized carbons (Fsp3) is 0.111. The summed E-state index contributed by atoms with van der Waals surface area (Å²) >= 11 is 0. The lowest BCUT2D eigenvalue weighted by atomic mass is 10.1. The van der Waals surface area contributed by atoms with Crippen LogP contribution in [-0.2, 0) is 0 Å². The molecule has 5 nitrogen and oxygen atoms in total. The van der Waals surface area contributed by atoms with Crippen LogP contribution in [0.4, 0.5) is 17.1 Å². The van der Waals surface area contributed by atoms with Crippen LogP contribution in [0.1, 0.15) is 16.7 Å². The van der Waals surface area contributed by atoms with Crippen LogP contribution >= 0.6 is 0 Å². The highest BCUT2D eigenvalue weighted by molar-refractivity contribution is 5.84. The highest BCUT2D eigenvalue weighted by atomic mass is 16.5. The van der Waals surface area contributed by atoms with Gasteiger partial charge in [-0.2, -0.15) is 0 Å². The van der Waals surface area contributed by atoms with Crippen molar-refractivity contribution >= 4 is 17.1 Å². The van der Waals surface area contributed by atoms with Gasteiger partial charge in [-0.05, 0) is 67.8 Å². The van der Waals surface area contributed by atoms with Crippen molar-refractivity contribution in [2.75, 3.05) is 4.90 Å². The molecule has 0 saturated heterocycles. The van der Waals surface area contributed by atoms with Gasteiger partial charge in [-0.1, -0.05) is 30.3 Å². The third kappa shape index (κ3) is 4.18. The first-order valence-corrected chi connectivity index (χ1v) is 10.3. The van der Waals surface area contributed by atoms with Crippen molar-refractivity contribution in [2.24, 2.45) is 0 Å². The van der Waals surface area contributed by atoms with E-state index in [-0.39, 0.29) is 17.2 Å². The Morgan fingerprint density at radius 2 is 1.03 bits per heavy atom. The molecule has 0 saturated carbocycles. The van der Waals surface area contributed by atoms with Crippen molar-refractivity contribution < 1.29 is 20.1 Å². The number of phenols is 3. The van der Waals surface area contributed by atoms with Gasteiger partial charge < -0.3 is 25.0 Å². The Balaban J connectivity index is 1.94. The Morgan fingerprint density at radius 3 is 1.62 bits per heavy atom. The van der Waals surface area contributed by atoms with Crippen LogP contribution in [0.2, 0.25) is 0 Å². The van der Waals surface area contributed by atoms with E-state index in [0.717, 1.165) is 33.8 Å². The molecule has 4 aromatic rings. The summed E-state index contributed by atoms with van der Waals surface area (Å²) in [7, 11) is 0. The van der Waals surface area contributed by atoms with Crippen LogP contribution in [-0.4, -0.2) is 15.3 Å². The van der Waals surface area contributed by atoms with Crippen molar-refractivity contribution in [1.82, 2.24) is 0 Å². The third-order valence-corrected chi connectivity index (χ3v) is 5.37. The van der Waals surface area contributed by atoms with Gasteiger partial charge in [0.15, 0.2) is 5.75 Å². The molecule has 32 heavy (non-hydrogen) atoms. The topological polar surface area (TPSA) is 73.2 Å². The molecule has 0 heterocycles. The fourth-order valence-electron chi connectivity index (χ4n) is 3.61. The van der Waals surface area contributed by atoms with E-state index in [2.05, 4.69) is 0 Å². The van der Waals surface area contributed by atoms with Gasteiger partial charge in [0.25, 0.3) is 0 Å². The second-order valence-corrected chi connectivity index (χ2v) is 7.80. The van der Waals surface area contributed by atoms with Gasteiger partial charge >= 0.3 is 0 Å². The zero-order valence-corrected chi connectivity index (χ0v) is 18.2. The molecule has 0 fully saturated rings. The molecule has 0 amide bonds. The predicted molar refractivity (Wildman–Crippen MR) is 127 cm³/mol. The zero-order valence-electron chi connectivity index (χ0n) is 18.2. The van der Waals surface area contributed by atoms with Gasteiger partial charge in [0.1, 0.15) is 23.0 Å². The Kier molecular flexibility index (Phi) is 5.65. The molecule has 0 aromatic heterocycles. The van der Waals surface area contributed by atoms with Crippen molar-refractivity contribution in [3.8, 4) is 28.7 Å². The van der Waals surface area contributed by atoms with Crippen LogP contribution in [0.3, 0.4) is 0 Å². The fourth-order valence-corrected chi connectivity index (χ4v) is 3.61. The van der Waals surface area contributed by atoms with Crippen LogP contribution in [0.5, 0.6) is 28.7 Å². The number of aryl methyl sites for hydroxylation is 3. The summed E-state index contributed by atoms with van der Waals surface area (Å²) < 4.78 is 6.26. The maximum absolute atomic E-state index is 10.2. The van der Waals surface area contributed by atoms with E-state index in [1.54, 1.807) is 42.5 Å². The molecule has 0 bridgehead atoms. The second-order valence-electron chi connectivity index (χ2n) is 7.80. The predicted octanol–water partition coefficient (Wildman–Crippen LogP) is 6.99. The van der Waals surface area contributed by atoms with E-state index in [1.165, 1.54) is 0 Å². The molecular formula is C27H25NO4. The van der Waals surface area contributed by atoms with Crippen molar-refractivity contribution in [2.45, 2.75) is 20.8 Å². The Bertz CT molecular complexity index is 1230. The smallest absolute Gasteiger partial charge is 0.151 e. The van der Waals surface area contributed by atoms with E-state index in [1.807, 2.05) is 62.1 Å². The molecule has 0 unspecified atom stereocenters. The second kappa shape index (κ2) is 8.55. The summed E-state index contributed by atoms with van der Waals surface area (Å²) in [5, 5.41) is 30.4. The maximum Gasteiger partial charge on any atom is 0.151 e. The minimum Gasteiger partial charge on any atom is -0.508 e. The van der Waals surface area contributed by atoms with Crippen molar-refractivity contribution in [3.63, 3.8) is 0 Å². The van der Waals surface area contributed by atoms with Gasteiger partial charge in [0.2, 0.25) is 0 Å². The molecule has 5 heteroatoms. The van der Waals surface area contributed by atoms with Gasteiger partial charge in [-0.15, -0.1) is 0 Å². The molecule has 0 aliphatic heterocycles. The van der Waals surface area contributed by atoms with E-state index in [0.29, 0.717) is 11.5 Å². The van der Waals surface area contributed by atoms with Crippen molar-refractivity contribution in [1.29, 1.82) is 0 Å². The lowest BCUT2D eigenvalue weighted by Crippen LogP contribution is -2.13. The van der Waals surface area contributed by atoms with E-state index >= 15 is 0 Å². The maximum atomic E-state index is 10.2. The number of rotatable bonds is 5. The molecule has 3 N–H and O–H groups in total. The lowest BCUT2D eigenvalue weighted by Gasteiger charge is -2.30. The molecule has 0 spiro atoms. The quantitative estimate of drug-likeness (QED) is 0.320. The minimum atomic E-state index is 0.118. The van der Waals surface area contributed by atoms with Crippen molar-refractivity contribution in [3.05, 3.63) is 95.6 Å². The van der Waals surface area contributed by atoms with Gasteiger partial charge in [0, 0.05) is 18.2 Å². The SMILES string of the molecule is Cc1ccc(O)cc1Oc1ccccc1N(c1cc(O)ccc1C)c1cc(O)ccc1C. The van der Waals surface area contributed by atoms with Gasteiger partial charge in [-0.3, -0.25) is 0 Å². The summed E-state index contributed by atoms with van der Waals surface area (Å²) in [6.45, 7) is 5.83. The molecule has 4 aromatic carbocycles. The van der Waals surface area contributed by atoms with E-state index in [4.69, 9.17) is 4.74 Å². The number of hydrogen-bond donors (Lipinski definition) is 3. The first-order valence-electron chi connectivity index (χ1n) is 10.3. The van der Waals surface area contributed by atoms with Crippen LogP contribution < -0.4 is 9.64 Å². The number of nitrogens with zero attached hydrogens (tertiary/aromatic N) is 1. The Morgan fingerprint density at radius 1 is 0.531 bits per heavy atom. The van der Waals surface area contributed by atoms with Gasteiger partial charge in [-0.25, -0.2) is 0 Å². The number of anilines is 3. The Hall–Kier alpha value is -4.12. The molecule has 4 rings (SSSR count).